The van der Waals surface area contributed by atoms with E-state index < -0.39 is 0 Å². The Balaban J connectivity index is 2.54. The van der Waals surface area contributed by atoms with Crippen molar-refractivity contribution < 1.29 is 0 Å². The molecule has 1 aromatic heterocycles. The van der Waals surface area contributed by atoms with Gasteiger partial charge in [0.1, 0.15) is 0 Å². The lowest BCUT2D eigenvalue weighted by molar-refractivity contribution is 1.42. The van der Waals surface area contributed by atoms with E-state index in [0.717, 1.165) is 6.42 Å². The van der Waals surface area contributed by atoms with Crippen LogP contribution in [0.5, 0.6) is 0 Å². The van der Waals surface area contributed by atoms with Gasteiger partial charge in [0, 0.05) is 4.70 Å². The minimum absolute atomic E-state index is 0.848. The second kappa shape index (κ2) is 3.75. The van der Waals surface area contributed by atoms with Crippen molar-refractivity contribution in [1.29, 1.82) is 0 Å². The Bertz CT molecular complexity index is 423. The summed E-state index contributed by atoms with van der Waals surface area (Å²) in [5, 5.41) is 3.48. The summed E-state index contributed by atoms with van der Waals surface area (Å²) in [6.07, 6.45) is 5.08. The number of thiophene rings is 1. The molecule has 13 heavy (non-hydrogen) atoms. The highest BCUT2D eigenvalue weighted by atomic mass is 32.1. The molecule has 0 amide bonds. The van der Waals surface area contributed by atoms with Crippen LogP contribution in [0.1, 0.15) is 12.0 Å². The van der Waals surface area contributed by atoms with Crippen LogP contribution in [0.3, 0.4) is 0 Å². The Morgan fingerprint density at radius 1 is 1.31 bits per heavy atom. The van der Waals surface area contributed by atoms with E-state index in [2.05, 4.69) is 48.7 Å². The Hall–Kier alpha value is -1.08. The molecular formula is C12H11S. The van der Waals surface area contributed by atoms with Crippen molar-refractivity contribution in [1.82, 2.24) is 0 Å². The molecule has 0 aliphatic rings. The van der Waals surface area contributed by atoms with Crippen LogP contribution in [0.2, 0.25) is 0 Å². The van der Waals surface area contributed by atoms with Gasteiger partial charge in [-0.15, -0.1) is 11.3 Å². The van der Waals surface area contributed by atoms with Crippen LogP contribution in [0, 0.1) is 6.92 Å². The van der Waals surface area contributed by atoms with Gasteiger partial charge in [-0.25, -0.2) is 0 Å². The fourth-order valence-corrected chi connectivity index (χ4v) is 2.19. The Labute approximate surface area is 82.5 Å². The summed E-state index contributed by atoms with van der Waals surface area (Å²) < 4.78 is 1.35. The van der Waals surface area contributed by atoms with Gasteiger partial charge in [-0.1, -0.05) is 24.3 Å². The van der Waals surface area contributed by atoms with E-state index in [1.54, 1.807) is 11.3 Å². The van der Waals surface area contributed by atoms with E-state index in [-0.39, 0.29) is 0 Å². The third-order valence-electron chi connectivity index (χ3n) is 1.99. The van der Waals surface area contributed by atoms with Gasteiger partial charge in [0.05, 0.1) is 0 Å². The van der Waals surface area contributed by atoms with Gasteiger partial charge < -0.3 is 0 Å². The largest absolute Gasteiger partial charge is 0.144 e. The zero-order valence-corrected chi connectivity index (χ0v) is 8.18. The minimum Gasteiger partial charge on any atom is -0.144 e. The summed E-state index contributed by atoms with van der Waals surface area (Å²) in [7, 11) is 0. The molecule has 0 unspecified atom stereocenters. The van der Waals surface area contributed by atoms with Gasteiger partial charge in [-0.2, -0.15) is 0 Å². The van der Waals surface area contributed by atoms with Crippen molar-refractivity contribution in [2.75, 3.05) is 0 Å². The van der Waals surface area contributed by atoms with E-state index >= 15 is 0 Å². The number of rotatable bonds is 2. The maximum absolute atomic E-state index is 3.78. The molecule has 0 atom stereocenters. The molecule has 0 bridgehead atoms. The average Bonchev–Trinajstić information content (AvgIpc) is 2.62. The molecule has 65 valence electrons. The summed E-state index contributed by atoms with van der Waals surface area (Å²) in [5.74, 6) is 0. The first-order valence-corrected chi connectivity index (χ1v) is 5.22. The van der Waals surface area contributed by atoms with Crippen LogP contribution in [-0.2, 0) is 0 Å². The number of fused-ring (bicyclic) bond motifs is 1. The van der Waals surface area contributed by atoms with Gasteiger partial charge >= 0.3 is 0 Å². The first-order valence-electron chi connectivity index (χ1n) is 4.34. The zero-order valence-electron chi connectivity index (χ0n) is 7.36. The smallest absolute Gasteiger partial charge is 0.0348 e. The molecule has 0 N–H and O–H groups in total. The highest BCUT2D eigenvalue weighted by Crippen LogP contribution is 2.24. The second-order valence-electron chi connectivity index (χ2n) is 2.87. The van der Waals surface area contributed by atoms with Crippen LogP contribution >= 0.6 is 11.3 Å². The molecule has 0 saturated carbocycles. The normalized spacial score (nSPS) is 11.5. The van der Waals surface area contributed by atoms with Gasteiger partial charge in [0.15, 0.2) is 0 Å². The van der Waals surface area contributed by atoms with Crippen LogP contribution in [0.4, 0.5) is 0 Å². The number of allylic oxidation sites excluding steroid dienone is 1. The highest BCUT2D eigenvalue weighted by molar-refractivity contribution is 7.17. The van der Waals surface area contributed by atoms with Crippen molar-refractivity contribution in [2.24, 2.45) is 0 Å². The fraction of sp³-hybridized carbons (Fsp3) is 0.0833. The van der Waals surface area contributed by atoms with Crippen molar-refractivity contribution in [2.45, 2.75) is 6.42 Å². The van der Waals surface area contributed by atoms with E-state index in [1.807, 2.05) is 0 Å². The van der Waals surface area contributed by atoms with Crippen LogP contribution in [0.15, 0.2) is 35.7 Å². The monoisotopic (exact) mass is 187 g/mol. The van der Waals surface area contributed by atoms with Crippen LogP contribution in [0.25, 0.3) is 16.2 Å². The molecule has 2 aromatic rings. The topological polar surface area (TPSA) is 0 Å². The third kappa shape index (κ3) is 1.65. The van der Waals surface area contributed by atoms with Crippen molar-refractivity contribution >= 4 is 27.5 Å². The Morgan fingerprint density at radius 2 is 2.23 bits per heavy atom. The van der Waals surface area contributed by atoms with Gasteiger partial charge in [0.2, 0.25) is 0 Å². The third-order valence-corrected chi connectivity index (χ3v) is 2.88. The lowest BCUT2D eigenvalue weighted by Crippen LogP contribution is -1.71. The Morgan fingerprint density at radius 3 is 3.08 bits per heavy atom. The molecule has 0 aliphatic carbocycles. The standard InChI is InChI=1S/C12H11S/c1-2-3-5-10-6-4-7-12-11(10)8-9-13-12/h3-9H,1-2H2. The quantitative estimate of drug-likeness (QED) is 0.663. The summed E-state index contributed by atoms with van der Waals surface area (Å²) >= 11 is 1.79. The fourth-order valence-electron chi connectivity index (χ4n) is 1.37. The number of hydrogen-bond acceptors (Lipinski definition) is 1. The van der Waals surface area contributed by atoms with Crippen molar-refractivity contribution in [3.05, 3.63) is 48.2 Å². The van der Waals surface area contributed by atoms with Gasteiger partial charge in [-0.3, -0.25) is 0 Å². The van der Waals surface area contributed by atoms with E-state index in [9.17, 15) is 0 Å². The van der Waals surface area contributed by atoms with Crippen LogP contribution in [-0.4, -0.2) is 0 Å². The predicted molar refractivity (Wildman–Crippen MR) is 60.8 cm³/mol. The summed E-state index contributed by atoms with van der Waals surface area (Å²) in [6, 6.07) is 8.56. The summed E-state index contributed by atoms with van der Waals surface area (Å²) in [4.78, 5) is 0. The molecule has 0 fully saturated rings. The molecule has 0 nitrogen and oxygen atoms in total. The molecule has 1 heterocycles. The first-order chi connectivity index (χ1) is 6.42. The lowest BCUT2D eigenvalue weighted by Gasteiger charge is -1.95. The number of benzene rings is 1. The first kappa shape index (κ1) is 8.52. The number of hydrogen-bond donors (Lipinski definition) is 0. The molecule has 1 heteroatoms. The molecule has 0 spiro atoms. The molecule has 0 aliphatic heterocycles. The van der Waals surface area contributed by atoms with Gasteiger partial charge in [-0.05, 0) is 41.8 Å². The second-order valence-corrected chi connectivity index (χ2v) is 3.82. The van der Waals surface area contributed by atoms with Gasteiger partial charge in [0.25, 0.3) is 0 Å². The van der Waals surface area contributed by atoms with Crippen molar-refractivity contribution in [3.8, 4) is 0 Å². The molecule has 1 aromatic carbocycles. The summed E-state index contributed by atoms with van der Waals surface area (Å²) in [6.45, 7) is 3.78. The predicted octanol–water partition coefficient (Wildman–Crippen LogP) is 4.14. The highest BCUT2D eigenvalue weighted by Gasteiger charge is 1.96. The van der Waals surface area contributed by atoms with E-state index in [4.69, 9.17) is 0 Å². The molecule has 0 saturated heterocycles. The minimum atomic E-state index is 0.848. The maximum atomic E-state index is 3.78. The Kier molecular flexibility index (Phi) is 2.46. The maximum Gasteiger partial charge on any atom is 0.0348 e. The van der Waals surface area contributed by atoms with Crippen molar-refractivity contribution in [3.63, 3.8) is 0 Å². The lowest BCUT2D eigenvalue weighted by atomic mass is 10.1. The van der Waals surface area contributed by atoms with E-state index in [0.29, 0.717) is 0 Å². The van der Waals surface area contributed by atoms with Crippen LogP contribution < -0.4 is 0 Å². The average molecular weight is 187 g/mol. The zero-order chi connectivity index (χ0) is 9.10. The van der Waals surface area contributed by atoms with E-state index in [1.165, 1.54) is 15.6 Å². The SMILES string of the molecule is [CH2]CC=Cc1cccc2sccc12. The molecule has 2 rings (SSSR count). The molecule has 1 radical (unpaired) electrons. The molecular weight excluding hydrogens is 176 g/mol. The summed E-state index contributed by atoms with van der Waals surface area (Å²) in [5.41, 5.74) is 1.29.